The lowest BCUT2D eigenvalue weighted by atomic mass is 9.41. The van der Waals surface area contributed by atoms with Gasteiger partial charge in [-0.25, -0.2) is 23.2 Å². The van der Waals surface area contributed by atoms with E-state index in [4.69, 9.17) is 10.00 Å². The van der Waals surface area contributed by atoms with Gasteiger partial charge in [0, 0.05) is 26.1 Å². The maximum absolute atomic E-state index is 14.8. The van der Waals surface area contributed by atoms with Crippen LogP contribution >= 0.6 is 0 Å². The van der Waals surface area contributed by atoms with Gasteiger partial charge < -0.3 is 4.74 Å². The Bertz CT molecular complexity index is 1510. The third kappa shape index (κ3) is 7.06. The van der Waals surface area contributed by atoms with Crippen LogP contribution in [0, 0.1) is 34.3 Å². The van der Waals surface area contributed by atoms with Crippen molar-refractivity contribution >= 4 is 34.5 Å². The molecule has 0 amide bonds. The molecule has 1 aromatic heterocycles. The zero-order valence-corrected chi connectivity index (χ0v) is 22.8. The molecule has 2 aromatic carbocycles. The van der Waals surface area contributed by atoms with Crippen LogP contribution in [-0.2, 0) is 17.7 Å². The molecule has 3 aromatic rings. The van der Waals surface area contributed by atoms with Crippen molar-refractivity contribution in [1.82, 2.24) is 13.9 Å². The summed E-state index contributed by atoms with van der Waals surface area (Å²) >= 11 is -1.63. The molecule has 1 N–H and O–H groups in total. The molecule has 1 aliphatic heterocycles. The Morgan fingerprint density at radius 3 is 2.70 bits per heavy atom. The molecule has 1 atom stereocenters. The van der Waals surface area contributed by atoms with Crippen molar-refractivity contribution in [3.05, 3.63) is 58.4 Å². The molecule has 4 rings (SSSR count). The Kier molecular flexibility index (Phi) is 10.8. The normalized spacial score (nSPS) is 14.3. The van der Waals surface area contributed by atoms with E-state index in [1.54, 1.807) is 23.7 Å². The molecule has 2 heterocycles. The topological polar surface area (TPSA) is 124 Å². The molecule has 0 spiro atoms. The average molecular weight is 564 g/mol. The smallest absolute Gasteiger partial charge is 0.267 e. The first-order valence-corrected chi connectivity index (χ1v) is 14.1. The lowest BCUT2D eigenvalue weighted by Gasteiger charge is -2.23. The molecule has 1 unspecified atom stereocenters. The Balaban J connectivity index is 0.00000441. The number of hydrogen-bond donors (Lipinski definition) is 1. The van der Waals surface area contributed by atoms with Gasteiger partial charge in [0.05, 0.1) is 22.9 Å². The maximum atomic E-state index is 14.8. The number of rotatable bonds is 10. The third-order valence-electron chi connectivity index (χ3n) is 7.20. The van der Waals surface area contributed by atoms with Crippen LogP contribution < -0.4 is 15.0 Å². The van der Waals surface area contributed by atoms with E-state index in [1.807, 2.05) is 13.0 Å². The summed E-state index contributed by atoms with van der Waals surface area (Å²) in [6.07, 6.45) is 7.35. The Hall–Kier alpha value is -3.74. The predicted octanol–water partition coefficient (Wildman–Crippen LogP) is 5.53. The van der Waals surface area contributed by atoms with Crippen molar-refractivity contribution in [3.8, 4) is 23.5 Å². The second-order valence-corrected chi connectivity index (χ2v) is 11.0. The van der Waals surface area contributed by atoms with Gasteiger partial charge in [-0.1, -0.05) is 39.8 Å². The van der Waals surface area contributed by atoms with Crippen molar-refractivity contribution in [2.75, 3.05) is 18.3 Å². The van der Waals surface area contributed by atoms with Crippen LogP contribution in [0.4, 0.5) is 10.1 Å². The number of fused-ring (bicyclic) bond motifs is 1. The van der Waals surface area contributed by atoms with Gasteiger partial charge in [0.25, 0.3) is 12.3 Å². The van der Waals surface area contributed by atoms with Crippen LogP contribution in [0.5, 0.6) is 11.5 Å². The van der Waals surface area contributed by atoms with Crippen LogP contribution in [0.3, 0.4) is 0 Å². The monoisotopic (exact) mass is 564 g/mol. The fourth-order valence-electron chi connectivity index (χ4n) is 4.75. The molecule has 1 aliphatic rings. The number of anilines is 1. The molecule has 12 heteroatoms. The molecular formula is C28H34BFN6O3S. The zero-order chi connectivity index (χ0) is 27.9. The van der Waals surface area contributed by atoms with Crippen LogP contribution in [0.15, 0.2) is 41.5 Å². The fourth-order valence-corrected chi connectivity index (χ4v) is 5.50. The highest BCUT2D eigenvalue weighted by Crippen LogP contribution is 2.34. The first-order chi connectivity index (χ1) is 18.8. The van der Waals surface area contributed by atoms with E-state index >= 15 is 0 Å². The van der Waals surface area contributed by atoms with Crippen LogP contribution in [-0.4, -0.2) is 38.4 Å². The van der Waals surface area contributed by atoms with E-state index in [1.165, 1.54) is 22.8 Å². The van der Waals surface area contributed by atoms with Gasteiger partial charge in [0.15, 0.2) is 22.7 Å². The van der Waals surface area contributed by atoms with E-state index in [-0.39, 0.29) is 42.4 Å². The van der Waals surface area contributed by atoms with Crippen molar-refractivity contribution in [2.45, 2.75) is 59.2 Å². The summed E-state index contributed by atoms with van der Waals surface area (Å²) in [7, 11) is 1.65. The largest absolute Gasteiger partial charge is 0.453 e. The van der Waals surface area contributed by atoms with E-state index in [0.29, 0.717) is 29.9 Å². The molecule has 0 aliphatic carbocycles. The number of ether oxygens (including phenoxy) is 1. The fraction of sp³-hybridized carbons (Fsp3) is 0.429. The molecule has 1 fully saturated rings. The van der Waals surface area contributed by atoms with Gasteiger partial charge in [0.1, 0.15) is 17.4 Å². The highest BCUT2D eigenvalue weighted by atomic mass is 32.2. The number of aryl methyl sites for hydroxylation is 1. The van der Waals surface area contributed by atoms with Gasteiger partial charge >= 0.3 is 0 Å². The van der Waals surface area contributed by atoms with Gasteiger partial charge in [-0.3, -0.25) is 14.1 Å². The predicted molar refractivity (Wildman–Crippen MR) is 157 cm³/mol. The van der Waals surface area contributed by atoms with Gasteiger partial charge in [-0.15, -0.1) is 0 Å². The van der Waals surface area contributed by atoms with Crippen molar-refractivity contribution in [2.24, 2.45) is 5.92 Å². The van der Waals surface area contributed by atoms with Gasteiger partial charge in [0.2, 0.25) is 0 Å². The van der Waals surface area contributed by atoms with E-state index < -0.39 is 17.0 Å². The Morgan fingerprint density at radius 2 is 2.02 bits per heavy atom. The quantitative estimate of drug-likeness (QED) is 0.323. The van der Waals surface area contributed by atoms with E-state index in [9.17, 15) is 18.7 Å². The number of nitrogens with one attached hydrogen (secondary N) is 1. The molecule has 40 heavy (non-hydrogen) atoms. The Morgan fingerprint density at radius 1 is 1.27 bits per heavy atom. The van der Waals surface area contributed by atoms with Crippen molar-refractivity contribution in [1.29, 1.82) is 10.5 Å². The number of halogens is 1. The number of benzene rings is 2. The summed E-state index contributed by atoms with van der Waals surface area (Å²) in [6, 6.07) is 9.05. The second kappa shape index (κ2) is 14.1. The van der Waals surface area contributed by atoms with E-state index in [0.717, 1.165) is 44.4 Å². The highest BCUT2D eigenvalue weighted by molar-refractivity contribution is 7.84. The molecule has 0 saturated carbocycles. The van der Waals surface area contributed by atoms with Gasteiger partial charge in [-0.2, -0.15) is 5.26 Å². The summed E-state index contributed by atoms with van der Waals surface area (Å²) in [6.45, 7) is 3.02. The van der Waals surface area contributed by atoms with Crippen molar-refractivity contribution in [3.63, 3.8) is 0 Å². The minimum atomic E-state index is -1.63. The minimum Gasteiger partial charge on any atom is -0.453 e. The highest BCUT2D eigenvalue weighted by Gasteiger charge is 2.24. The molecule has 0 radical (unpaired) electrons. The van der Waals surface area contributed by atoms with Gasteiger partial charge in [-0.05, 0) is 49.1 Å². The number of aromatic nitrogens is 2. The minimum absolute atomic E-state index is 0. The summed E-state index contributed by atoms with van der Waals surface area (Å²) in [5.41, 5.74) is 0.277. The lowest BCUT2D eigenvalue weighted by Crippen LogP contribution is -2.26. The average Bonchev–Trinajstić information content (AvgIpc) is 2.96. The summed E-state index contributed by atoms with van der Waals surface area (Å²) in [4.78, 5) is 17.6. The first-order valence-electron chi connectivity index (χ1n) is 13.0. The van der Waals surface area contributed by atoms with Crippen LogP contribution in [0.25, 0.3) is 10.9 Å². The maximum Gasteiger partial charge on any atom is 0.267 e. The zero-order valence-electron chi connectivity index (χ0n) is 22.0. The lowest BCUT2D eigenvalue weighted by molar-refractivity contribution is 0.408. The number of nitrogens with zero attached hydrogens (tertiary/aromatic N) is 5. The number of hydrogen-bond acceptors (Lipinski definition) is 6. The molecule has 210 valence electrons. The Labute approximate surface area is 237 Å². The standard InChI is InChI=1S/C27H30BFN6O3S.CH4/c1-3-34(2)39(37)33-25-9-7-23(29)26(22(25)16-30)38-20-6-8-24-21(15-20)27(36)35(18-32-24)14-4-5-19-10-12-28(17-31)13-11-19;/h6-9,15,18-19,33H,3-5,10-14H2,1-2H3;1H4. The molecule has 0 bridgehead atoms. The third-order valence-corrected chi connectivity index (χ3v) is 8.42. The SMILES string of the molecule is C.CCN(C)S(=O)Nc1ccc(F)c(Oc2ccc3ncn(CCCC4CCB(C#N)CC4)c(=O)c3c2)c1C#N. The summed E-state index contributed by atoms with van der Waals surface area (Å²) in [5, 5.41) is 19.1. The molecule has 1 saturated heterocycles. The second-order valence-electron chi connectivity index (χ2n) is 9.72. The van der Waals surface area contributed by atoms with Crippen LogP contribution in [0.1, 0.15) is 45.6 Å². The first kappa shape index (κ1) is 30.8. The van der Waals surface area contributed by atoms with Crippen molar-refractivity contribution < 1.29 is 13.3 Å². The van der Waals surface area contributed by atoms with E-state index in [2.05, 4.69) is 15.7 Å². The summed E-state index contributed by atoms with van der Waals surface area (Å²) < 4.78 is 38.7. The van der Waals surface area contributed by atoms with Crippen LogP contribution in [0.2, 0.25) is 12.6 Å². The number of nitriles is 2. The molecule has 9 nitrogen and oxygen atoms in total. The molecular weight excluding hydrogens is 530 g/mol. The summed E-state index contributed by atoms with van der Waals surface area (Å²) in [5.74, 6) is 2.02.